The molecule has 0 bridgehead atoms. The minimum absolute atomic E-state index is 0.126. The summed E-state index contributed by atoms with van der Waals surface area (Å²) < 4.78 is 5.43. The second kappa shape index (κ2) is 4.94. The Labute approximate surface area is 90.8 Å². The van der Waals surface area contributed by atoms with Gasteiger partial charge in [-0.05, 0) is 32.6 Å². The predicted octanol–water partition coefficient (Wildman–Crippen LogP) is 0.422. The molecule has 4 heteroatoms. The molecule has 0 aromatic rings. The van der Waals surface area contributed by atoms with Crippen molar-refractivity contribution in [2.24, 2.45) is 0 Å². The van der Waals surface area contributed by atoms with Crippen molar-refractivity contribution in [3.05, 3.63) is 0 Å². The van der Waals surface area contributed by atoms with Gasteiger partial charge in [0.1, 0.15) is 0 Å². The molecule has 2 atom stereocenters. The Balaban J connectivity index is 1.63. The van der Waals surface area contributed by atoms with E-state index in [1.807, 2.05) is 0 Å². The van der Waals surface area contributed by atoms with E-state index in [0.29, 0.717) is 18.6 Å². The predicted molar refractivity (Wildman–Crippen MR) is 57.6 cm³/mol. The summed E-state index contributed by atoms with van der Waals surface area (Å²) in [5.74, 6) is 0.126. The zero-order valence-corrected chi connectivity index (χ0v) is 9.29. The van der Waals surface area contributed by atoms with Crippen LogP contribution in [0.2, 0.25) is 0 Å². The van der Waals surface area contributed by atoms with Crippen molar-refractivity contribution in [2.45, 2.75) is 50.8 Å². The second-order valence-electron chi connectivity index (χ2n) is 4.63. The van der Waals surface area contributed by atoms with Crippen molar-refractivity contribution in [1.29, 1.82) is 0 Å². The molecule has 86 valence electrons. The van der Waals surface area contributed by atoms with Gasteiger partial charge in [-0.2, -0.15) is 0 Å². The molecule has 1 aliphatic heterocycles. The van der Waals surface area contributed by atoms with Crippen LogP contribution in [0.1, 0.15) is 32.6 Å². The van der Waals surface area contributed by atoms with E-state index >= 15 is 0 Å². The first kappa shape index (κ1) is 10.9. The molecule has 1 saturated heterocycles. The van der Waals surface area contributed by atoms with Crippen molar-refractivity contribution in [2.75, 3.05) is 13.2 Å². The fourth-order valence-electron chi connectivity index (χ4n) is 1.93. The third kappa shape index (κ3) is 3.80. The second-order valence-corrected chi connectivity index (χ2v) is 4.63. The molecule has 0 aromatic heterocycles. The highest BCUT2D eigenvalue weighted by Gasteiger charge is 2.23. The van der Waals surface area contributed by atoms with E-state index in [4.69, 9.17) is 4.74 Å². The lowest BCUT2D eigenvalue weighted by Crippen LogP contribution is -2.44. The fraction of sp³-hybridized carbons (Fsp3) is 0.909. The van der Waals surface area contributed by atoms with Gasteiger partial charge in [-0.25, -0.2) is 0 Å². The average molecular weight is 212 g/mol. The smallest absolute Gasteiger partial charge is 0.234 e. The van der Waals surface area contributed by atoms with Crippen LogP contribution in [0.25, 0.3) is 0 Å². The number of hydrogen-bond donors (Lipinski definition) is 2. The first-order valence-corrected chi connectivity index (χ1v) is 5.88. The van der Waals surface area contributed by atoms with Gasteiger partial charge in [0.05, 0.1) is 12.6 Å². The van der Waals surface area contributed by atoms with Crippen molar-refractivity contribution in [1.82, 2.24) is 10.6 Å². The molecule has 2 aliphatic rings. The topological polar surface area (TPSA) is 50.4 Å². The Hall–Kier alpha value is -0.610. The van der Waals surface area contributed by atoms with Crippen LogP contribution in [0.3, 0.4) is 0 Å². The zero-order valence-electron chi connectivity index (χ0n) is 9.29. The van der Waals surface area contributed by atoms with E-state index in [-0.39, 0.29) is 12.0 Å². The van der Waals surface area contributed by atoms with E-state index in [0.717, 1.165) is 19.4 Å². The molecular formula is C11H20N2O2. The molecule has 0 radical (unpaired) electrons. The Bertz CT molecular complexity index is 229. The lowest BCUT2D eigenvalue weighted by Gasteiger charge is -2.27. The van der Waals surface area contributed by atoms with Crippen molar-refractivity contribution >= 4 is 5.91 Å². The van der Waals surface area contributed by atoms with E-state index in [9.17, 15) is 4.79 Å². The maximum absolute atomic E-state index is 11.5. The lowest BCUT2D eigenvalue weighted by molar-refractivity contribution is -0.121. The maximum Gasteiger partial charge on any atom is 0.234 e. The Kier molecular flexibility index (Phi) is 3.59. The van der Waals surface area contributed by atoms with Crippen LogP contribution in [0.15, 0.2) is 0 Å². The fourth-order valence-corrected chi connectivity index (χ4v) is 1.93. The Morgan fingerprint density at radius 1 is 1.33 bits per heavy atom. The van der Waals surface area contributed by atoms with E-state index < -0.39 is 0 Å². The number of hydrogen-bond acceptors (Lipinski definition) is 3. The Morgan fingerprint density at radius 2 is 2.13 bits per heavy atom. The van der Waals surface area contributed by atoms with Crippen LogP contribution in [-0.2, 0) is 9.53 Å². The molecular weight excluding hydrogens is 192 g/mol. The molecule has 2 unspecified atom stereocenters. The van der Waals surface area contributed by atoms with Crippen LogP contribution in [0.5, 0.6) is 0 Å². The van der Waals surface area contributed by atoms with Crippen LogP contribution < -0.4 is 10.6 Å². The van der Waals surface area contributed by atoms with Crippen LogP contribution in [0, 0.1) is 0 Å². The summed E-state index contributed by atoms with van der Waals surface area (Å²) in [4.78, 5) is 11.5. The molecule has 2 N–H and O–H groups in total. The van der Waals surface area contributed by atoms with Crippen molar-refractivity contribution in [3.8, 4) is 0 Å². The molecule has 1 aliphatic carbocycles. The summed E-state index contributed by atoms with van der Waals surface area (Å²) >= 11 is 0. The van der Waals surface area contributed by atoms with Crippen LogP contribution in [0.4, 0.5) is 0 Å². The van der Waals surface area contributed by atoms with Gasteiger partial charge < -0.3 is 15.4 Å². The minimum Gasteiger partial charge on any atom is -0.378 e. The third-order valence-electron chi connectivity index (χ3n) is 2.98. The average Bonchev–Trinajstić information content (AvgIpc) is 2.98. The molecule has 2 rings (SSSR count). The minimum atomic E-state index is 0.126. The standard InChI is InChI=1S/C11H20N2O2/c1-8-6-10(4-5-15-8)13-11(14)7-12-9-2-3-9/h8-10,12H,2-7H2,1H3,(H,13,14). The van der Waals surface area contributed by atoms with Gasteiger partial charge in [0, 0.05) is 18.7 Å². The van der Waals surface area contributed by atoms with Crippen LogP contribution >= 0.6 is 0 Å². The monoisotopic (exact) mass is 212 g/mol. The summed E-state index contributed by atoms with van der Waals surface area (Å²) in [6, 6.07) is 0.909. The van der Waals surface area contributed by atoms with Gasteiger partial charge in [0.25, 0.3) is 0 Å². The Morgan fingerprint density at radius 3 is 2.80 bits per heavy atom. The number of amides is 1. The molecule has 2 fully saturated rings. The SMILES string of the molecule is CC1CC(NC(=O)CNC2CC2)CCO1. The van der Waals surface area contributed by atoms with E-state index in [2.05, 4.69) is 17.6 Å². The van der Waals surface area contributed by atoms with Gasteiger partial charge in [0.2, 0.25) is 5.91 Å². The van der Waals surface area contributed by atoms with Crippen molar-refractivity contribution < 1.29 is 9.53 Å². The summed E-state index contributed by atoms with van der Waals surface area (Å²) in [6.07, 6.45) is 4.61. The normalized spacial score (nSPS) is 31.3. The van der Waals surface area contributed by atoms with Gasteiger partial charge in [-0.1, -0.05) is 0 Å². The molecule has 15 heavy (non-hydrogen) atoms. The molecule has 1 amide bonds. The summed E-state index contributed by atoms with van der Waals surface area (Å²) in [5, 5.41) is 6.26. The molecule has 4 nitrogen and oxygen atoms in total. The molecule has 0 aromatic carbocycles. The van der Waals surface area contributed by atoms with Gasteiger partial charge >= 0.3 is 0 Å². The first-order valence-electron chi connectivity index (χ1n) is 5.88. The number of carbonyl (C=O) groups excluding carboxylic acids is 1. The van der Waals surface area contributed by atoms with Crippen molar-refractivity contribution in [3.63, 3.8) is 0 Å². The summed E-state index contributed by atoms with van der Waals surface area (Å²) in [6.45, 7) is 3.29. The zero-order chi connectivity index (χ0) is 10.7. The molecule has 1 heterocycles. The molecule has 0 spiro atoms. The third-order valence-corrected chi connectivity index (χ3v) is 2.98. The molecule has 1 saturated carbocycles. The summed E-state index contributed by atoms with van der Waals surface area (Å²) in [5.41, 5.74) is 0. The highest BCUT2D eigenvalue weighted by molar-refractivity contribution is 5.78. The maximum atomic E-state index is 11.5. The quantitative estimate of drug-likeness (QED) is 0.710. The largest absolute Gasteiger partial charge is 0.378 e. The highest BCUT2D eigenvalue weighted by atomic mass is 16.5. The first-order chi connectivity index (χ1) is 7.24. The number of nitrogens with one attached hydrogen (secondary N) is 2. The van der Waals surface area contributed by atoms with Gasteiger partial charge in [-0.3, -0.25) is 4.79 Å². The summed E-state index contributed by atoms with van der Waals surface area (Å²) in [7, 11) is 0. The van der Waals surface area contributed by atoms with Gasteiger partial charge in [-0.15, -0.1) is 0 Å². The van der Waals surface area contributed by atoms with Gasteiger partial charge in [0.15, 0.2) is 0 Å². The van der Waals surface area contributed by atoms with Crippen LogP contribution in [-0.4, -0.2) is 37.2 Å². The number of rotatable bonds is 4. The lowest BCUT2D eigenvalue weighted by atomic mass is 10.0. The van der Waals surface area contributed by atoms with E-state index in [1.54, 1.807) is 0 Å². The number of ether oxygens (including phenoxy) is 1. The van der Waals surface area contributed by atoms with E-state index in [1.165, 1.54) is 12.8 Å². The number of carbonyl (C=O) groups is 1. The highest BCUT2D eigenvalue weighted by Crippen LogP contribution is 2.18.